The highest BCUT2D eigenvalue weighted by molar-refractivity contribution is 6.10. The van der Waals surface area contributed by atoms with E-state index in [0.29, 0.717) is 51.4 Å². The van der Waals surface area contributed by atoms with Crippen LogP contribution in [0.15, 0.2) is 12.1 Å². The number of hydrogen-bond donors (Lipinski definition) is 0. The third-order valence-corrected chi connectivity index (χ3v) is 16.1. The lowest BCUT2D eigenvalue weighted by Crippen LogP contribution is -2.62. The number of nitrogens with zero attached hydrogens (tertiary/aromatic N) is 4. The lowest BCUT2D eigenvalue weighted by Gasteiger charge is -2.54. The number of likely N-dealkylation sites (tertiary alicyclic amines) is 4. The maximum Gasteiger partial charge on any atom is 0.339 e. The molecule has 0 bridgehead atoms. The highest BCUT2D eigenvalue weighted by Gasteiger charge is 2.50. The second-order valence-corrected chi connectivity index (χ2v) is 25.2. The third kappa shape index (κ3) is 11.0. The number of benzene rings is 1. The van der Waals surface area contributed by atoms with E-state index in [0.717, 1.165) is 26.2 Å². The molecule has 0 saturated carbocycles. The molecule has 4 saturated heterocycles. The zero-order valence-corrected chi connectivity index (χ0v) is 45.0. The van der Waals surface area contributed by atoms with Gasteiger partial charge in [0.05, 0.1) is 22.3 Å². The SMILES string of the molecule is CCN1C(C)(C)CC(OC(=O)c2cc(C(=O)OC3CC(C)(C)N(CC)C(C)(C)C3)c(C(=O)OC3CC(C)(C)N(CC)C(C)(C)C3)cc2C(=O)OC2CC(C)(C)N(CC)C(C)(C)C2)CC1(C)C. The minimum Gasteiger partial charge on any atom is -0.459 e. The van der Waals surface area contributed by atoms with E-state index in [2.05, 4.69) is 158 Å². The fourth-order valence-corrected chi connectivity index (χ4v) is 14.8. The zero-order valence-electron chi connectivity index (χ0n) is 45.0. The van der Waals surface area contributed by atoms with E-state index in [1.165, 1.54) is 12.1 Å². The lowest BCUT2D eigenvalue weighted by molar-refractivity contribution is -0.0865. The molecule has 0 unspecified atom stereocenters. The molecule has 1 aromatic carbocycles. The normalized spacial score (nSPS) is 25.8. The van der Waals surface area contributed by atoms with Gasteiger partial charge < -0.3 is 18.9 Å². The van der Waals surface area contributed by atoms with Crippen LogP contribution in [-0.2, 0) is 18.9 Å². The first kappa shape index (κ1) is 53.9. The van der Waals surface area contributed by atoms with Crippen molar-refractivity contribution in [3.8, 4) is 0 Å². The van der Waals surface area contributed by atoms with Crippen molar-refractivity contribution in [2.24, 2.45) is 0 Å². The molecule has 0 spiro atoms. The van der Waals surface area contributed by atoms with E-state index in [1.807, 2.05) is 0 Å². The zero-order chi connectivity index (χ0) is 50.0. The first-order valence-corrected chi connectivity index (χ1v) is 25.2. The van der Waals surface area contributed by atoms with Crippen molar-refractivity contribution in [3.05, 3.63) is 34.4 Å². The fraction of sp³-hybridized carbons (Fsp3) is 0.815. The van der Waals surface area contributed by atoms with E-state index in [4.69, 9.17) is 18.9 Å². The second-order valence-electron chi connectivity index (χ2n) is 25.2. The Morgan fingerprint density at radius 1 is 0.348 bits per heavy atom. The van der Waals surface area contributed by atoms with Crippen molar-refractivity contribution in [1.82, 2.24) is 19.6 Å². The molecule has 0 aromatic heterocycles. The summed E-state index contributed by atoms with van der Waals surface area (Å²) in [5.41, 5.74) is -2.85. The Kier molecular flexibility index (Phi) is 15.3. The summed E-state index contributed by atoms with van der Waals surface area (Å²) in [7, 11) is 0. The molecule has 4 aliphatic rings. The van der Waals surface area contributed by atoms with Crippen molar-refractivity contribution >= 4 is 23.9 Å². The molecule has 0 atom stereocenters. The predicted molar refractivity (Wildman–Crippen MR) is 262 cm³/mol. The molecule has 66 heavy (non-hydrogen) atoms. The van der Waals surface area contributed by atoms with Crippen LogP contribution >= 0.6 is 0 Å². The minimum absolute atomic E-state index is 0.137. The van der Waals surface area contributed by atoms with Gasteiger partial charge in [-0.25, -0.2) is 19.2 Å². The Balaban J connectivity index is 1.64. The van der Waals surface area contributed by atoms with Crippen LogP contribution in [0.4, 0.5) is 0 Å². The largest absolute Gasteiger partial charge is 0.459 e. The van der Waals surface area contributed by atoms with Crippen LogP contribution in [0.3, 0.4) is 0 Å². The summed E-state index contributed by atoms with van der Waals surface area (Å²) in [6.07, 6.45) is 2.63. The Labute approximate surface area is 399 Å². The smallest absolute Gasteiger partial charge is 0.339 e. The van der Waals surface area contributed by atoms with Crippen LogP contribution in [0.2, 0.25) is 0 Å². The van der Waals surface area contributed by atoms with Crippen LogP contribution < -0.4 is 0 Å². The second kappa shape index (κ2) is 18.7. The number of carbonyl (C=O) groups is 4. The molecule has 1 aromatic rings. The monoisotopic (exact) mass is 923 g/mol. The first-order valence-electron chi connectivity index (χ1n) is 25.2. The average molecular weight is 923 g/mol. The van der Waals surface area contributed by atoms with E-state index >= 15 is 0 Å². The number of piperidine rings is 4. The predicted octanol–water partition coefficient (Wildman–Crippen LogP) is 10.5. The summed E-state index contributed by atoms with van der Waals surface area (Å²) in [6, 6.07) is 2.68. The summed E-state index contributed by atoms with van der Waals surface area (Å²) in [6.45, 7) is 46.4. The molecular formula is C54H90N4O8. The van der Waals surface area contributed by atoms with Crippen molar-refractivity contribution in [3.63, 3.8) is 0 Å². The molecule has 4 fully saturated rings. The van der Waals surface area contributed by atoms with Crippen LogP contribution in [0.5, 0.6) is 0 Å². The maximum absolute atomic E-state index is 14.9. The molecule has 0 aliphatic carbocycles. The lowest BCUT2D eigenvalue weighted by atomic mass is 9.78. The van der Waals surface area contributed by atoms with E-state index in [9.17, 15) is 19.2 Å². The van der Waals surface area contributed by atoms with Gasteiger partial charge in [0.2, 0.25) is 0 Å². The highest BCUT2D eigenvalue weighted by atomic mass is 16.6. The summed E-state index contributed by atoms with van der Waals surface area (Å²) in [5.74, 6) is -3.03. The fourth-order valence-electron chi connectivity index (χ4n) is 14.8. The number of carbonyl (C=O) groups excluding carboxylic acids is 4. The third-order valence-electron chi connectivity index (χ3n) is 16.1. The van der Waals surface area contributed by atoms with E-state index in [-0.39, 0.29) is 66.6 Å². The van der Waals surface area contributed by atoms with Gasteiger partial charge >= 0.3 is 23.9 Å². The van der Waals surface area contributed by atoms with Gasteiger partial charge in [0.25, 0.3) is 0 Å². The molecular weight excluding hydrogens is 833 g/mol. The summed E-state index contributed by atoms with van der Waals surface area (Å²) in [4.78, 5) is 69.2. The average Bonchev–Trinajstić information content (AvgIpc) is 3.10. The Hall–Kier alpha value is -3.06. The van der Waals surface area contributed by atoms with Gasteiger partial charge in [0.15, 0.2) is 0 Å². The van der Waals surface area contributed by atoms with Crippen molar-refractivity contribution in [1.29, 1.82) is 0 Å². The summed E-state index contributed by atoms with van der Waals surface area (Å²) < 4.78 is 25.6. The van der Waals surface area contributed by atoms with Gasteiger partial charge in [-0.3, -0.25) is 19.6 Å². The molecule has 0 amide bonds. The van der Waals surface area contributed by atoms with Crippen molar-refractivity contribution in [2.75, 3.05) is 26.2 Å². The van der Waals surface area contributed by atoms with Crippen molar-refractivity contribution in [2.45, 2.75) is 259 Å². The number of ether oxygens (including phenoxy) is 4. The molecule has 5 rings (SSSR count). The molecule has 4 heterocycles. The molecule has 12 heteroatoms. The quantitative estimate of drug-likeness (QED) is 0.147. The van der Waals surface area contributed by atoms with E-state index in [1.54, 1.807) is 0 Å². The van der Waals surface area contributed by atoms with Gasteiger partial charge in [-0.1, -0.05) is 27.7 Å². The molecule has 4 aliphatic heterocycles. The topological polar surface area (TPSA) is 118 Å². The number of rotatable bonds is 12. The van der Waals surface area contributed by atoms with Crippen molar-refractivity contribution < 1.29 is 38.1 Å². The Morgan fingerprint density at radius 2 is 0.485 bits per heavy atom. The van der Waals surface area contributed by atoms with Gasteiger partial charge in [0.1, 0.15) is 24.4 Å². The van der Waals surface area contributed by atoms with Crippen LogP contribution in [0, 0.1) is 0 Å². The minimum atomic E-state index is -0.757. The van der Waals surface area contributed by atoms with Crippen LogP contribution in [0.1, 0.15) is 231 Å². The summed E-state index contributed by atoms with van der Waals surface area (Å²) >= 11 is 0. The highest BCUT2D eigenvalue weighted by Crippen LogP contribution is 2.44. The van der Waals surface area contributed by atoms with Gasteiger partial charge in [-0.2, -0.15) is 0 Å². The van der Waals surface area contributed by atoms with Crippen LogP contribution in [0.25, 0.3) is 0 Å². The Bertz CT molecular complexity index is 1630. The molecule has 12 nitrogen and oxygen atoms in total. The standard InChI is InChI=1S/C54H90N4O8/c1-21-55-47(5,6)27-35(28-48(55,7)8)63-43(59)39-25-41(45(61)65-37-31-51(13,14)57(23-3)52(15,16)32-37)42(46(62)66-38-33-53(17,18)58(24-4)54(19,20)34-38)26-40(39)44(60)64-36-29-49(9,10)56(22-2)50(11,12)30-36/h25-26,35-38H,21-24,27-34H2,1-20H3. The molecule has 0 radical (unpaired) electrons. The molecule has 0 N–H and O–H groups in total. The Morgan fingerprint density at radius 3 is 0.606 bits per heavy atom. The maximum atomic E-state index is 14.9. The number of esters is 4. The summed E-state index contributed by atoms with van der Waals surface area (Å²) in [5, 5.41) is 0. The van der Waals surface area contributed by atoms with Gasteiger partial charge in [0, 0.05) is 95.7 Å². The van der Waals surface area contributed by atoms with E-state index < -0.39 is 48.3 Å². The van der Waals surface area contributed by atoms with Crippen LogP contribution in [-0.4, -0.2) is 138 Å². The van der Waals surface area contributed by atoms with Gasteiger partial charge in [-0.05, 0) is 149 Å². The first-order chi connectivity index (χ1) is 30.1. The molecule has 374 valence electrons. The number of hydrogen-bond acceptors (Lipinski definition) is 12. The van der Waals surface area contributed by atoms with Gasteiger partial charge in [-0.15, -0.1) is 0 Å².